The summed E-state index contributed by atoms with van der Waals surface area (Å²) < 4.78 is 11.1. The van der Waals surface area contributed by atoms with Crippen molar-refractivity contribution in [3.05, 3.63) is 29.8 Å². The lowest BCUT2D eigenvalue weighted by atomic mass is 10.1. The fourth-order valence-corrected chi connectivity index (χ4v) is 2.34. The maximum Gasteiger partial charge on any atom is 0.324 e. The fourth-order valence-electron chi connectivity index (χ4n) is 1.94. The number of alkyl halides is 1. The lowest BCUT2D eigenvalue weighted by Crippen LogP contribution is -2.25. The van der Waals surface area contributed by atoms with Gasteiger partial charge in [-0.05, 0) is 44.9 Å². The van der Waals surface area contributed by atoms with Crippen molar-refractivity contribution in [1.29, 1.82) is 0 Å². The Balaban J connectivity index is 2.48. The third-order valence-corrected chi connectivity index (χ3v) is 3.96. The minimum absolute atomic E-state index is 0.277. The number of halogens is 1. The van der Waals surface area contributed by atoms with E-state index in [1.54, 1.807) is 0 Å². The topological polar surface area (TPSA) is 35.5 Å². The largest absolute Gasteiger partial charge is 0.494 e. The zero-order chi connectivity index (χ0) is 16.6. The van der Waals surface area contributed by atoms with Crippen LogP contribution in [-0.4, -0.2) is 18.2 Å². The van der Waals surface area contributed by atoms with Crippen LogP contribution in [0, 0.1) is 0 Å². The molecule has 1 atom stereocenters. The summed E-state index contributed by atoms with van der Waals surface area (Å²) in [5.74, 6) is 0.560. The number of benzene rings is 1. The first-order chi connectivity index (χ1) is 10.3. The van der Waals surface area contributed by atoms with Crippen LogP contribution in [-0.2, 0) is 9.53 Å². The molecule has 0 aromatic heterocycles. The molecule has 0 radical (unpaired) electrons. The Hall–Kier alpha value is -1.03. The van der Waals surface area contributed by atoms with Gasteiger partial charge in [0.05, 0.1) is 6.61 Å². The first kappa shape index (κ1) is 19.0. The number of hydrogen-bond acceptors (Lipinski definition) is 3. The van der Waals surface area contributed by atoms with Gasteiger partial charge < -0.3 is 9.47 Å². The molecular weight excluding hydrogens is 344 g/mol. The van der Waals surface area contributed by atoms with Gasteiger partial charge in [-0.3, -0.25) is 4.79 Å². The predicted molar refractivity (Wildman–Crippen MR) is 93.6 cm³/mol. The van der Waals surface area contributed by atoms with Crippen molar-refractivity contribution < 1.29 is 14.3 Å². The van der Waals surface area contributed by atoms with Crippen molar-refractivity contribution >= 4 is 21.9 Å². The van der Waals surface area contributed by atoms with Gasteiger partial charge in [0.2, 0.25) is 0 Å². The molecule has 22 heavy (non-hydrogen) atoms. The molecule has 1 aromatic rings. The maximum atomic E-state index is 12.0. The highest BCUT2D eigenvalue weighted by molar-refractivity contribution is 9.09. The van der Waals surface area contributed by atoms with Gasteiger partial charge in [0.25, 0.3) is 0 Å². The van der Waals surface area contributed by atoms with Crippen molar-refractivity contribution in [2.45, 2.75) is 63.8 Å². The molecule has 0 aliphatic heterocycles. The van der Waals surface area contributed by atoms with Crippen molar-refractivity contribution in [3.8, 4) is 5.75 Å². The van der Waals surface area contributed by atoms with E-state index in [1.807, 2.05) is 45.0 Å². The predicted octanol–water partition coefficient (Wildman–Crippen LogP) is 5.42. The molecule has 4 heteroatoms. The number of esters is 1. The first-order valence-corrected chi connectivity index (χ1v) is 8.84. The SMILES string of the molecule is CCCCCCOc1ccc(C(Br)C(=O)OC(C)(C)C)cc1. The Labute approximate surface area is 142 Å². The second-order valence-corrected chi connectivity index (χ2v) is 7.29. The van der Waals surface area contributed by atoms with E-state index in [0.717, 1.165) is 24.3 Å². The normalized spacial score (nSPS) is 12.8. The van der Waals surface area contributed by atoms with Crippen LogP contribution in [0.4, 0.5) is 0 Å². The Morgan fingerprint density at radius 1 is 1.14 bits per heavy atom. The van der Waals surface area contributed by atoms with E-state index in [0.29, 0.717) is 0 Å². The molecule has 1 unspecified atom stereocenters. The van der Waals surface area contributed by atoms with Gasteiger partial charge in [-0.15, -0.1) is 0 Å². The average Bonchev–Trinajstić information content (AvgIpc) is 2.45. The molecule has 0 spiro atoms. The molecule has 0 N–H and O–H groups in total. The molecule has 0 bridgehead atoms. The van der Waals surface area contributed by atoms with Gasteiger partial charge in [-0.25, -0.2) is 0 Å². The van der Waals surface area contributed by atoms with E-state index in [4.69, 9.17) is 9.47 Å². The highest BCUT2D eigenvalue weighted by Crippen LogP contribution is 2.28. The van der Waals surface area contributed by atoms with Gasteiger partial charge in [0, 0.05) is 0 Å². The number of carbonyl (C=O) groups is 1. The zero-order valence-corrected chi connectivity index (χ0v) is 15.6. The first-order valence-electron chi connectivity index (χ1n) is 7.93. The molecule has 0 amide bonds. The third-order valence-electron chi connectivity index (χ3n) is 3.05. The summed E-state index contributed by atoms with van der Waals surface area (Å²) in [5.41, 5.74) is 0.387. The van der Waals surface area contributed by atoms with Crippen LogP contribution in [0.3, 0.4) is 0 Å². The Bertz CT molecular complexity index is 448. The molecule has 0 aliphatic carbocycles. The molecule has 1 rings (SSSR count). The average molecular weight is 371 g/mol. The Morgan fingerprint density at radius 3 is 2.32 bits per heavy atom. The molecule has 1 aromatic carbocycles. The number of hydrogen-bond donors (Lipinski definition) is 0. The zero-order valence-electron chi connectivity index (χ0n) is 14.0. The molecule has 0 saturated carbocycles. The summed E-state index contributed by atoms with van der Waals surface area (Å²) in [5, 5.41) is 0. The number of unbranched alkanes of at least 4 members (excludes halogenated alkanes) is 3. The van der Waals surface area contributed by atoms with Gasteiger partial charge in [0.1, 0.15) is 16.2 Å². The van der Waals surface area contributed by atoms with Crippen LogP contribution in [0.1, 0.15) is 63.8 Å². The molecular formula is C18H27BrO3. The molecule has 124 valence electrons. The van der Waals surface area contributed by atoms with Crippen LogP contribution in [0.5, 0.6) is 5.75 Å². The van der Waals surface area contributed by atoms with E-state index in [-0.39, 0.29) is 5.97 Å². The maximum absolute atomic E-state index is 12.0. The van der Waals surface area contributed by atoms with Crippen molar-refractivity contribution in [2.24, 2.45) is 0 Å². The van der Waals surface area contributed by atoms with E-state index < -0.39 is 10.4 Å². The van der Waals surface area contributed by atoms with Crippen molar-refractivity contribution in [2.75, 3.05) is 6.61 Å². The number of ether oxygens (including phenoxy) is 2. The minimum atomic E-state index is -0.482. The number of rotatable bonds is 8. The summed E-state index contributed by atoms with van der Waals surface area (Å²) in [6.45, 7) is 8.52. The van der Waals surface area contributed by atoms with Gasteiger partial charge >= 0.3 is 5.97 Å². The minimum Gasteiger partial charge on any atom is -0.494 e. The van der Waals surface area contributed by atoms with E-state index in [1.165, 1.54) is 19.3 Å². The Kier molecular flexibility index (Phi) is 7.94. The smallest absolute Gasteiger partial charge is 0.324 e. The highest BCUT2D eigenvalue weighted by atomic mass is 79.9. The van der Waals surface area contributed by atoms with Crippen LogP contribution < -0.4 is 4.74 Å². The summed E-state index contributed by atoms with van der Waals surface area (Å²) in [7, 11) is 0. The van der Waals surface area contributed by atoms with Crippen LogP contribution in [0.2, 0.25) is 0 Å². The monoisotopic (exact) mass is 370 g/mol. The van der Waals surface area contributed by atoms with E-state index >= 15 is 0 Å². The lowest BCUT2D eigenvalue weighted by molar-refractivity contribution is -0.154. The second kappa shape index (κ2) is 9.19. The van der Waals surface area contributed by atoms with E-state index in [9.17, 15) is 4.79 Å². The molecule has 0 saturated heterocycles. The van der Waals surface area contributed by atoms with Crippen molar-refractivity contribution in [1.82, 2.24) is 0 Å². The Morgan fingerprint density at radius 2 is 1.77 bits per heavy atom. The van der Waals surface area contributed by atoms with Crippen LogP contribution >= 0.6 is 15.9 Å². The summed E-state index contributed by atoms with van der Waals surface area (Å²) >= 11 is 3.39. The number of carbonyl (C=O) groups excluding carboxylic acids is 1. The standard InChI is InChI=1S/C18H27BrO3/c1-5-6-7-8-13-21-15-11-9-14(10-12-15)16(19)17(20)22-18(2,3)4/h9-12,16H,5-8,13H2,1-4H3. The summed E-state index contributed by atoms with van der Waals surface area (Å²) in [4.78, 5) is 11.6. The van der Waals surface area contributed by atoms with Crippen LogP contribution in [0.25, 0.3) is 0 Å². The van der Waals surface area contributed by atoms with Crippen molar-refractivity contribution in [3.63, 3.8) is 0 Å². The van der Waals surface area contributed by atoms with Crippen LogP contribution in [0.15, 0.2) is 24.3 Å². The van der Waals surface area contributed by atoms with Gasteiger partial charge in [-0.2, -0.15) is 0 Å². The quantitative estimate of drug-likeness (QED) is 0.348. The third kappa shape index (κ3) is 7.30. The second-order valence-electron chi connectivity index (χ2n) is 6.37. The van der Waals surface area contributed by atoms with E-state index in [2.05, 4.69) is 22.9 Å². The molecule has 0 fully saturated rings. The molecule has 0 heterocycles. The van der Waals surface area contributed by atoms with Gasteiger partial charge in [-0.1, -0.05) is 54.2 Å². The molecule has 3 nitrogen and oxygen atoms in total. The summed E-state index contributed by atoms with van der Waals surface area (Å²) in [6, 6.07) is 7.58. The lowest BCUT2D eigenvalue weighted by Gasteiger charge is -2.21. The molecule has 0 aliphatic rings. The van der Waals surface area contributed by atoms with Gasteiger partial charge in [0.15, 0.2) is 0 Å². The highest BCUT2D eigenvalue weighted by Gasteiger charge is 2.24. The fraction of sp³-hybridized carbons (Fsp3) is 0.611. The summed E-state index contributed by atoms with van der Waals surface area (Å²) in [6.07, 6.45) is 4.76.